The summed E-state index contributed by atoms with van der Waals surface area (Å²) in [6.07, 6.45) is 0. The molecule has 2 aromatic rings. The molecule has 0 saturated carbocycles. The molecule has 24 heavy (non-hydrogen) atoms. The molecule has 120 valence electrons. The number of thiocarbonyl (C=S) groups is 1. The van der Waals surface area contributed by atoms with Gasteiger partial charge in [0.15, 0.2) is 5.78 Å². The first-order chi connectivity index (χ1) is 11.7. The second-order valence-electron chi connectivity index (χ2n) is 5.58. The van der Waals surface area contributed by atoms with Gasteiger partial charge in [-0.05, 0) is 24.6 Å². The summed E-state index contributed by atoms with van der Waals surface area (Å²) >= 11 is 8.69. The lowest BCUT2D eigenvalue weighted by molar-refractivity contribution is -0.114. The van der Waals surface area contributed by atoms with E-state index in [1.54, 1.807) is 11.8 Å². The molecule has 0 aromatic heterocycles. The Hall–Kier alpha value is -1.56. The number of hydrogen-bond donors (Lipinski definition) is 0. The van der Waals surface area contributed by atoms with Crippen LogP contribution in [0.15, 0.2) is 69.4 Å². The van der Waals surface area contributed by atoms with Gasteiger partial charge in [0.25, 0.3) is 0 Å². The Bertz CT molecular complexity index is 860. The maximum absolute atomic E-state index is 13.1. The molecule has 0 N–H and O–H groups in total. The highest BCUT2D eigenvalue weighted by atomic mass is 32.2. The van der Waals surface area contributed by atoms with Crippen molar-refractivity contribution >= 4 is 51.4 Å². The van der Waals surface area contributed by atoms with Gasteiger partial charge in [-0.15, -0.1) is 0 Å². The Morgan fingerprint density at radius 3 is 2.50 bits per heavy atom. The lowest BCUT2D eigenvalue weighted by atomic mass is 9.96. The van der Waals surface area contributed by atoms with E-state index in [0.717, 1.165) is 26.2 Å². The molecule has 1 saturated heterocycles. The van der Waals surface area contributed by atoms with Crippen LogP contribution in [-0.4, -0.2) is 16.5 Å². The highest BCUT2D eigenvalue weighted by Gasteiger charge is 2.41. The van der Waals surface area contributed by atoms with Crippen molar-refractivity contribution in [1.82, 2.24) is 0 Å². The molecule has 4 rings (SSSR count). The number of carbonyl (C=O) groups is 1. The van der Waals surface area contributed by atoms with Crippen molar-refractivity contribution in [2.75, 3.05) is 11.4 Å². The van der Waals surface area contributed by atoms with Crippen LogP contribution in [0.4, 0.5) is 5.69 Å². The van der Waals surface area contributed by atoms with Gasteiger partial charge in [-0.1, -0.05) is 78.2 Å². The summed E-state index contributed by atoms with van der Waals surface area (Å²) in [5, 5.41) is 1.02. The minimum atomic E-state index is -0.309. The SMILES string of the molecule is CCN1C(=C2SC(=S)[C@@H](c3ccccc3)C2=O)Sc2ccccc21. The molecule has 0 amide bonds. The Balaban J connectivity index is 1.77. The van der Waals surface area contributed by atoms with Gasteiger partial charge in [0.2, 0.25) is 0 Å². The largest absolute Gasteiger partial charge is 0.334 e. The summed E-state index contributed by atoms with van der Waals surface area (Å²) < 4.78 is 0.751. The van der Waals surface area contributed by atoms with E-state index in [9.17, 15) is 4.79 Å². The summed E-state index contributed by atoms with van der Waals surface area (Å²) in [6, 6.07) is 18.1. The molecule has 1 fully saturated rings. The second-order valence-corrected chi connectivity index (χ2v) is 8.36. The molecule has 1 atom stereocenters. The third-order valence-corrected chi connectivity index (χ3v) is 7.01. The number of benzene rings is 2. The smallest absolute Gasteiger partial charge is 0.185 e. The van der Waals surface area contributed by atoms with Crippen molar-refractivity contribution in [3.8, 4) is 0 Å². The molecule has 0 unspecified atom stereocenters. The minimum Gasteiger partial charge on any atom is -0.334 e. The van der Waals surface area contributed by atoms with Gasteiger partial charge in [0.1, 0.15) is 0 Å². The Morgan fingerprint density at radius 2 is 1.75 bits per heavy atom. The number of carbonyl (C=O) groups excluding carboxylic acids is 1. The molecule has 2 aromatic carbocycles. The van der Waals surface area contributed by atoms with Crippen molar-refractivity contribution in [1.29, 1.82) is 0 Å². The Morgan fingerprint density at radius 1 is 1.04 bits per heavy atom. The van der Waals surface area contributed by atoms with Crippen LogP contribution in [0.5, 0.6) is 0 Å². The predicted molar refractivity (Wildman–Crippen MR) is 107 cm³/mol. The van der Waals surface area contributed by atoms with Crippen LogP contribution in [-0.2, 0) is 4.79 Å². The van der Waals surface area contributed by atoms with E-state index >= 15 is 0 Å². The van der Waals surface area contributed by atoms with E-state index in [4.69, 9.17) is 12.2 Å². The van der Waals surface area contributed by atoms with Gasteiger partial charge in [0.05, 0.1) is 25.7 Å². The predicted octanol–water partition coefficient (Wildman–Crippen LogP) is 5.21. The van der Waals surface area contributed by atoms with E-state index in [2.05, 4.69) is 24.0 Å². The maximum Gasteiger partial charge on any atom is 0.185 e. The van der Waals surface area contributed by atoms with Gasteiger partial charge in [-0.25, -0.2) is 0 Å². The first-order valence-electron chi connectivity index (χ1n) is 7.80. The number of anilines is 1. The molecule has 0 aliphatic carbocycles. The van der Waals surface area contributed by atoms with Crippen molar-refractivity contribution < 1.29 is 4.79 Å². The Labute approximate surface area is 155 Å². The summed E-state index contributed by atoms with van der Waals surface area (Å²) in [4.78, 5) is 17.3. The van der Waals surface area contributed by atoms with E-state index in [-0.39, 0.29) is 11.7 Å². The van der Waals surface area contributed by atoms with Gasteiger partial charge in [-0.3, -0.25) is 4.79 Å². The average Bonchev–Trinajstić information content (AvgIpc) is 3.12. The number of nitrogens with zero attached hydrogens (tertiary/aromatic N) is 1. The number of para-hydroxylation sites is 1. The number of allylic oxidation sites excluding steroid dienone is 1. The second kappa shape index (κ2) is 6.39. The third-order valence-electron chi connectivity index (χ3n) is 4.18. The minimum absolute atomic E-state index is 0.130. The molecule has 5 heteroatoms. The number of thioether (sulfide) groups is 2. The summed E-state index contributed by atoms with van der Waals surface area (Å²) in [5.41, 5.74) is 2.16. The quantitative estimate of drug-likeness (QED) is 0.533. The summed E-state index contributed by atoms with van der Waals surface area (Å²) in [6.45, 7) is 2.94. The topological polar surface area (TPSA) is 20.3 Å². The van der Waals surface area contributed by atoms with Crippen LogP contribution in [0.1, 0.15) is 18.4 Å². The van der Waals surface area contributed by atoms with Crippen molar-refractivity contribution in [3.05, 3.63) is 70.1 Å². The van der Waals surface area contributed by atoms with Gasteiger partial charge >= 0.3 is 0 Å². The van der Waals surface area contributed by atoms with E-state index in [1.807, 2.05) is 42.5 Å². The van der Waals surface area contributed by atoms with E-state index in [0.29, 0.717) is 0 Å². The standard InChI is InChI=1S/C19H15NOS3/c1-2-20-13-10-6-7-11-14(13)23-18(20)17-16(21)15(19(22)24-17)12-8-4-3-5-9-12/h3-11,15H,2H2,1H3/t15-/m0/s1. The van der Waals surface area contributed by atoms with Crippen LogP contribution < -0.4 is 4.90 Å². The number of ketones is 1. The first-order valence-corrected chi connectivity index (χ1v) is 9.84. The molecule has 0 spiro atoms. The molecule has 0 radical (unpaired) electrons. The lowest BCUT2D eigenvalue weighted by Gasteiger charge is -2.19. The zero-order chi connectivity index (χ0) is 16.7. The molecule has 2 nitrogen and oxygen atoms in total. The summed E-state index contributed by atoms with van der Waals surface area (Å²) in [5.74, 6) is -0.179. The monoisotopic (exact) mass is 369 g/mol. The molecule has 0 bridgehead atoms. The van der Waals surface area contributed by atoms with Gasteiger partial charge in [0, 0.05) is 11.4 Å². The zero-order valence-corrected chi connectivity index (χ0v) is 15.5. The normalized spacial score (nSPS) is 23.0. The Kier molecular flexibility index (Phi) is 4.24. The highest BCUT2D eigenvalue weighted by Crippen LogP contribution is 2.52. The fourth-order valence-corrected chi connectivity index (χ4v) is 5.94. The van der Waals surface area contributed by atoms with Crippen LogP contribution in [0, 0.1) is 0 Å². The summed E-state index contributed by atoms with van der Waals surface area (Å²) in [7, 11) is 0. The van der Waals surface area contributed by atoms with Crippen molar-refractivity contribution in [2.24, 2.45) is 0 Å². The highest BCUT2D eigenvalue weighted by molar-refractivity contribution is 8.27. The van der Waals surface area contributed by atoms with Crippen molar-refractivity contribution in [3.63, 3.8) is 0 Å². The molecular weight excluding hydrogens is 354 g/mol. The zero-order valence-electron chi connectivity index (χ0n) is 13.1. The van der Waals surface area contributed by atoms with Crippen LogP contribution >= 0.6 is 35.7 Å². The van der Waals surface area contributed by atoms with Crippen LogP contribution in [0.3, 0.4) is 0 Å². The van der Waals surface area contributed by atoms with Crippen LogP contribution in [0.25, 0.3) is 0 Å². The number of fused-ring (bicyclic) bond motifs is 1. The number of Topliss-reactive ketones (excluding diaryl/α,β-unsaturated/α-hetero) is 1. The fraction of sp³-hybridized carbons (Fsp3) is 0.158. The van der Waals surface area contributed by atoms with Crippen LogP contribution in [0.2, 0.25) is 0 Å². The maximum atomic E-state index is 13.1. The van der Waals surface area contributed by atoms with Crippen molar-refractivity contribution in [2.45, 2.75) is 17.7 Å². The molecule has 2 heterocycles. The molecule has 2 aliphatic rings. The van der Waals surface area contributed by atoms with Gasteiger partial charge < -0.3 is 4.90 Å². The first kappa shape index (κ1) is 15.9. The number of rotatable bonds is 2. The molecule has 2 aliphatic heterocycles. The van der Waals surface area contributed by atoms with Gasteiger partial charge in [-0.2, -0.15) is 0 Å². The lowest BCUT2D eigenvalue weighted by Crippen LogP contribution is -2.19. The fourth-order valence-electron chi connectivity index (χ4n) is 3.05. The third kappa shape index (κ3) is 2.51. The number of hydrogen-bond acceptors (Lipinski definition) is 5. The van der Waals surface area contributed by atoms with E-state index in [1.165, 1.54) is 22.3 Å². The average molecular weight is 370 g/mol. The van der Waals surface area contributed by atoms with E-state index < -0.39 is 0 Å². The molecular formula is C19H15NOS3.